The highest BCUT2D eigenvalue weighted by Crippen LogP contribution is 2.36. The van der Waals surface area contributed by atoms with Crippen LogP contribution in [-0.4, -0.2) is 61.0 Å². The molecule has 1 aliphatic heterocycles. The Kier molecular flexibility index (Phi) is 5.77. The summed E-state index contributed by atoms with van der Waals surface area (Å²) >= 11 is 0. The third-order valence-electron chi connectivity index (χ3n) is 3.99. The number of amides is 2. The van der Waals surface area contributed by atoms with Crippen LogP contribution in [0.3, 0.4) is 0 Å². The Morgan fingerprint density at radius 2 is 2.21 bits per heavy atom. The molecule has 24 heavy (non-hydrogen) atoms. The quantitative estimate of drug-likeness (QED) is 0.754. The van der Waals surface area contributed by atoms with Gasteiger partial charge >= 0.3 is 0 Å². The van der Waals surface area contributed by atoms with E-state index < -0.39 is 11.5 Å². The van der Waals surface area contributed by atoms with E-state index in [1.165, 1.54) is 6.92 Å². The van der Waals surface area contributed by atoms with Gasteiger partial charge in [0.1, 0.15) is 0 Å². The van der Waals surface area contributed by atoms with Gasteiger partial charge in [0.25, 0.3) is 17.4 Å². The zero-order valence-electron chi connectivity index (χ0n) is 14.8. The summed E-state index contributed by atoms with van der Waals surface area (Å²) in [4.78, 5) is 33.3. The summed E-state index contributed by atoms with van der Waals surface area (Å²) < 4.78 is 5.78. The van der Waals surface area contributed by atoms with Crippen LogP contribution < -0.4 is 15.0 Å². The lowest BCUT2D eigenvalue weighted by Gasteiger charge is -2.38. The number of aromatic nitrogens is 1. The molecule has 1 N–H and O–H groups in total. The molecule has 2 heterocycles. The van der Waals surface area contributed by atoms with Crippen LogP contribution in [0.2, 0.25) is 0 Å². The number of fused-ring (bicyclic) bond motifs is 1. The van der Waals surface area contributed by atoms with Crippen molar-refractivity contribution in [2.75, 3.05) is 38.6 Å². The maximum absolute atomic E-state index is 12.9. The predicted molar refractivity (Wildman–Crippen MR) is 92.1 cm³/mol. The Morgan fingerprint density at radius 3 is 2.88 bits per heavy atom. The molecule has 0 aliphatic carbocycles. The average Bonchev–Trinajstić information content (AvgIpc) is 2.55. The van der Waals surface area contributed by atoms with E-state index in [1.54, 1.807) is 23.2 Å². The highest BCUT2D eigenvalue weighted by molar-refractivity contribution is 6.16. The van der Waals surface area contributed by atoms with Crippen LogP contribution in [-0.2, 0) is 9.59 Å². The molecule has 2 rings (SSSR count). The second-order valence-corrected chi connectivity index (χ2v) is 6.33. The van der Waals surface area contributed by atoms with E-state index in [1.807, 2.05) is 19.0 Å². The van der Waals surface area contributed by atoms with Crippen LogP contribution in [0, 0.1) is 0 Å². The minimum absolute atomic E-state index is 0.371. The Balaban J connectivity index is 2.24. The highest BCUT2D eigenvalue weighted by Gasteiger charge is 2.50. The van der Waals surface area contributed by atoms with Crippen LogP contribution in [0.15, 0.2) is 18.3 Å². The highest BCUT2D eigenvalue weighted by atomic mass is 16.5. The summed E-state index contributed by atoms with van der Waals surface area (Å²) in [6.07, 6.45) is 3.40. The van der Waals surface area contributed by atoms with E-state index in [-0.39, 0.29) is 5.91 Å². The summed E-state index contributed by atoms with van der Waals surface area (Å²) in [5.74, 6) is 0.142. The smallest absolute Gasteiger partial charge is 0.282 e. The van der Waals surface area contributed by atoms with Crippen molar-refractivity contribution in [3.05, 3.63) is 18.3 Å². The molecule has 0 radical (unpaired) electrons. The van der Waals surface area contributed by atoms with Crippen molar-refractivity contribution >= 4 is 17.6 Å². The van der Waals surface area contributed by atoms with Gasteiger partial charge in [0, 0.05) is 25.8 Å². The minimum Gasteiger partial charge on any atom is -0.464 e. The second kappa shape index (κ2) is 7.61. The van der Waals surface area contributed by atoms with Gasteiger partial charge in [0.2, 0.25) is 0 Å². The molecule has 1 aromatic heterocycles. The van der Waals surface area contributed by atoms with E-state index >= 15 is 0 Å². The van der Waals surface area contributed by atoms with Crippen molar-refractivity contribution < 1.29 is 14.3 Å². The van der Waals surface area contributed by atoms with Gasteiger partial charge in [0.15, 0.2) is 11.6 Å². The standard InChI is InChI=1S/C17H26N4O3/c1-5-6-11-21-14-13(8-7-9-18-14)24-17(2,16(21)23)15(22)19-10-12-20(3)4/h7-9H,5-6,10-12H2,1-4H3,(H,19,22). The molecular weight excluding hydrogens is 308 g/mol. The van der Waals surface area contributed by atoms with Crippen molar-refractivity contribution in [3.63, 3.8) is 0 Å². The maximum atomic E-state index is 12.9. The summed E-state index contributed by atoms with van der Waals surface area (Å²) in [6, 6.07) is 3.47. The SMILES string of the molecule is CCCCN1C(=O)C(C)(C(=O)NCCN(C)C)Oc2cccnc21. The van der Waals surface area contributed by atoms with Crippen molar-refractivity contribution in [3.8, 4) is 5.75 Å². The van der Waals surface area contributed by atoms with Crippen LogP contribution in [0.4, 0.5) is 5.82 Å². The summed E-state index contributed by atoms with van der Waals surface area (Å²) in [5, 5.41) is 2.79. The van der Waals surface area contributed by atoms with Crippen molar-refractivity contribution in [1.29, 1.82) is 0 Å². The largest absolute Gasteiger partial charge is 0.464 e. The van der Waals surface area contributed by atoms with Gasteiger partial charge in [-0.05, 0) is 39.6 Å². The van der Waals surface area contributed by atoms with E-state index in [9.17, 15) is 9.59 Å². The normalized spacial score (nSPS) is 19.9. The molecule has 0 fully saturated rings. The van der Waals surface area contributed by atoms with Crippen molar-refractivity contribution in [2.45, 2.75) is 32.3 Å². The number of likely N-dealkylation sites (N-methyl/N-ethyl adjacent to an activating group) is 1. The van der Waals surface area contributed by atoms with Gasteiger partial charge < -0.3 is 15.0 Å². The first kappa shape index (κ1) is 18.2. The molecule has 0 spiro atoms. The number of unbranched alkanes of at least 4 members (excludes halogenated alkanes) is 1. The molecule has 132 valence electrons. The number of nitrogens with zero attached hydrogens (tertiary/aromatic N) is 3. The van der Waals surface area contributed by atoms with Crippen LogP contribution in [0.25, 0.3) is 0 Å². The number of hydrogen-bond acceptors (Lipinski definition) is 5. The number of carbonyl (C=O) groups excluding carboxylic acids is 2. The molecular formula is C17H26N4O3. The summed E-state index contributed by atoms with van der Waals surface area (Å²) in [6.45, 7) is 5.23. The van der Waals surface area contributed by atoms with Gasteiger partial charge in [-0.1, -0.05) is 13.3 Å². The van der Waals surface area contributed by atoms with Crippen LogP contribution in [0.5, 0.6) is 5.75 Å². The molecule has 0 saturated heterocycles. The molecule has 0 aromatic carbocycles. The van der Waals surface area contributed by atoms with Crippen molar-refractivity contribution in [1.82, 2.24) is 15.2 Å². The molecule has 1 aromatic rings. The molecule has 1 atom stereocenters. The first-order valence-corrected chi connectivity index (χ1v) is 8.29. The lowest BCUT2D eigenvalue weighted by molar-refractivity contribution is -0.148. The number of hydrogen-bond donors (Lipinski definition) is 1. The molecule has 1 aliphatic rings. The lowest BCUT2D eigenvalue weighted by Crippen LogP contribution is -2.62. The first-order valence-electron chi connectivity index (χ1n) is 8.29. The number of ether oxygens (including phenoxy) is 1. The second-order valence-electron chi connectivity index (χ2n) is 6.33. The molecule has 7 nitrogen and oxygen atoms in total. The fourth-order valence-electron chi connectivity index (χ4n) is 2.51. The predicted octanol–water partition coefficient (Wildman–Crippen LogP) is 1.04. The topological polar surface area (TPSA) is 74.8 Å². The third-order valence-corrected chi connectivity index (χ3v) is 3.99. The Hall–Kier alpha value is -2.15. The van der Waals surface area contributed by atoms with Gasteiger partial charge in [-0.25, -0.2) is 4.98 Å². The number of rotatable bonds is 7. The number of carbonyl (C=O) groups is 2. The molecule has 0 saturated carbocycles. The Labute approximate surface area is 143 Å². The van der Waals surface area contributed by atoms with E-state index in [4.69, 9.17) is 4.74 Å². The van der Waals surface area contributed by atoms with Crippen LogP contribution >= 0.6 is 0 Å². The number of pyridine rings is 1. The molecule has 7 heteroatoms. The van der Waals surface area contributed by atoms with Crippen molar-refractivity contribution in [2.24, 2.45) is 0 Å². The molecule has 0 bridgehead atoms. The zero-order chi connectivity index (χ0) is 17.7. The zero-order valence-corrected chi connectivity index (χ0v) is 14.8. The van der Waals surface area contributed by atoms with E-state index in [0.29, 0.717) is 31.2 Å². The van der Waals surface area contributed by atoms with E-state index in [0.717, 1.165) is 12.8 Å². The van der Waals surface area contributed by atoms with E-state index in [2.05, 4.69) is 17.2 Å². The average molecular weight is 334 g/mol. The Bertz CT molecular complexity index is 605. The third kappa shape index (κ3) is 3.67. The molecule has 1 unspecified atom stereocenters. The maximum Gasteiger partial charge on any atom is 0.282 e. The van der Waals surface area contributed by atoms with Gasteiger partial charge in [-0.2, -0.15) is 0 Å². The Morgan fingerprint density at radius 1 is 1.46 bits per heavy atom. The fourth-order valence-corrected chi connectivity index (χ4v) is 2.51. The summed E-state index contributed by atoms with van der Waals surface area (Å²) in [7, 11) is 3.84. The first-order chi connectivity index (χ1) is 11.4. The number of anilines is 1. The van der Waals surface area contributed by atoms with Gasteiger partial charge in [-0.15, -0.1) is 0 Å². The number of nitrogens with one attached hydrogen (secondary N) is 1. The minimum atomic E-state index is -1.57. The monoisotopic (exact) mass is 334 g/mol. The fraction of sp³-hybridized carbons (Fsp3) is 0.588. The molecule has 2 amide bonds. The van der Waals surface area contributed by atoms with Gasteiger partial charge in [-0.3, -0.25) is 14.5 Å². The summed E-state index contributed by atoms with van der Waals surface area (Å²) in [5.41, 5.74) is -1.57. The van der Waals surface area contributed by atoms with Gasteiger partial charge in [0.05, 0.1) is 0 Å². The lowest BCUT2D eigenvalue weighted by atomic mass is 10.0. The van der Waals surface area contributed by atoms with Crippen LogP contribution in [0.1, 0.15) is 26.7 Å².